The lowest BCUT2D eigenvalue weighted by Gasteiger charge is -2.41. The molecule has 0 amide bonds. The summed E-state index contributed by atoms with van der Waals surface area (Å²) in [7, 11) is 0. The first-order valence-electron chi connectivity index (χ1n) is 24.5. The molecule has 69 heavy (non-hydrogen) atoms. The number of hydrogen-bond donors (Lipinski definition) is 0. The zero-order valence-corrected chi connectivity index (χ0v) is 40.1. The minimum atomic E-state index is -0.0631. The maximum Gasteiger partial charge on any atom is 0.251 e. The molecule has 3 aliphatic rings. The van der Waals surface area contributed by atoms with Crippen molar-refractivity contribution in [1.29, 1.82) is 0 Å². The average Bonchev–Trinajstić information content (AvgIpc) is 3.38. The fourth-order valence-electron chi connectivity index (χ4n) is 11.1. The van der Waals surface area contributed by atoms with Crippen molar-refractivity contribution in [2.45, 2.75) is 59.3 Å². The Bertz CT molecular complexity index is 3090. The predicted molar refractivity (Wildman–Crippen MR) is 292 cm³/mol. The minimum absolute atomic E-state index is 0.0631. The molecule has 12 rings (SSSR count). The number of benzene rings is 9. The molecule has 5 nitrogen and oxygen atoms in total. The molecular formula is C63H55BN4O. The molecule has 0 unspecified atom stereocenters. The summed E-state index contributed by atoms with van der Waals surface area (Å²) in [4.78, 5) is 9.57. The molecule has 336 valence electrons. The van der Waals surface area contributed by atoms with Crippen LogP contribution in [0.4, 0.5) is 68.2 Å². The molecule has 0 bridgehead atoms. The van der Waals surface area contributed by atoms with Crippen LogP contribution in [0.25, 0.3) is 0 Å². The van der Waals surface area contributed by atoms with Gasteiger partial charge in [0.05, 0.1) is 45.5 Å². The van der Waals surface area contributed by atoms with Gasteiger partial charge in [0.25, 0.3) is 6.71 Å². The van der Waals surface area contributed by atoms with Crippen molar-refractivity contribution in [3.8, 4) is 11.5 Å². The molecule has 9 aromatic rings. The van der Waals surface area contributed by atoms with Crippen LogP contribution in [-0.4, -0.2) is 6.71 Å². The second-order valence-corrected chi connectivity index (χ2v) is 19.5. The van der Waals surface area contributed by atoms with Crippen molar-refractivity contribution in [3.63, 3.8) is 0 Å². The highest BCUT2D eigenvalue weighted by Crippen LogP contribution is 2.56. The molecule has 0 saturated carbocycles. The lowest BCUT2D eigenvalue weighted by molar-refractivity contribution is 0.487. The van der Waals surface area contributed by atoms with E-state index in [1.165, 1.54) is 33.1 Å². The monoisotopic (exact) mass is 894 g/mol. The van der Waals surface area contributed by atoms with Crippen molar-refractivity contribution in [1.82, 2.24) is 0 Å². The van der Waals surface area contributed by atoms with Gasteiger partial charge in [-0.25, -0.2) is 0 Å². The van der Waals surface area contributed by atoms with Gasteiger partial charge >= 0.3 is 0 Å². The topological polar surface area (TPSA) is 22.2 Å². The summed E-state index contributed by atoms with van der Waals surface area (Å²) in [5, 5.41) is 0. The molecule has 0 fully saturated rings. The van der Waals surface area contributed by atoms with E-state index in [1.807, 2.05) is 0 Å². The van der Waals surface area contributed by atoms with Gasteiger partial charge in [-0.15, -0.1) is 0 Å². The van der Waals surface area contributed by atoms with E-state index >= 15 is 0 Å². The third-order valence-corrected chi connectivity index (χ3v) is 14.3. The van der Waals surface area contributed by atoms with Crippen LogP contribution in [0.3, 0.4) is 0 Å². The van der Waals surface area contributed by atoms with Crippen LogP contribution < -0.4 is 40.7 Å². The largest absolute Gasteiger partial charge is 0.458 e. The Labute approximate surface area is 407 Å². The van der Waals surface area contributed by atoms with Crippen LogP contribution in [0, 0.1) is 0 Å². The summed E-state index contributed by atoms with van der Waals surface area (Å²) < 4.78 is 7.41. The Morgan fingerprint density at radius 3 is 0.928 bits per heavy atom. The Morgan fingerprint density at radius 1 is 0.319 bits per heavy atom. The molecule has 0 N–H and O–H groups in total. The first-order valence-corrected chi connectivity index (χ1v) is 24.5. The number of nitrogens with zero attached hydrogens (tertiary/aromatic N) is 4. The van der Waals surface area contributed by atoms with Crippen LogP contribution in [0.1, 0.15) is 76.0 Å². The first-order chi connectivity index (χ1) is 33.7. The number of fused-ring (bicyclic) bond motifs is 6. The third kappa shape index (κ3) is 7.00. The normalized spacial score (nSPS) is 13.4. The predicted octanol–water partition coefficient (Wildman–Crippen LogP) is 16.2. The van der Waals surface area contributed by atoms with Crippen LogP contribution >= 0.6 is 0 Å². The molecule has 3 aliphatic heterocycles. The van der Waals surface area contributed by atoms with E-state index in [2.05, 4.69) is 267 Å². The van der Waals surface area contributed by atoms with Gasteiger partial charge in [0, 0.05) is 34.9 Å². The lowest BCUT2D eigenvalue weighted by atomic mass is 9.34. The van der Waals surface area contributed by atoms with Crippen molar-refractivity contribution >= 4 is 91.3 Å². The molecule has 3 heterocycles. The van der Waals surface area contributed by atoms with E-state index in [9.17, 15) is 0 Å². The van der Waals surface area contributed by atoms with Crippen molar-refractivity contribution in [3.05, 3.63) is 223 Å². The van der Waals surface area contributed by atoms with E-state index < -0.39 is 0 Å². The average molecular weight is 895 g/mol. The van der Waals surface area contributed by atoms with Gasteiger partial charge in [-0.2, -0.15) is 0 Å². The summed E-state index contributed by atoms with van der Waals surface area (Å²) >= 11 is 0. The molecule has 0 aromatic heterocycles. The summed E-state index contributed by atoms with van der Waals surface area (Å²) in [5.74, 6) is 2.78. The standard InChI is InChI=1S/C63H55BN4O/c1-41(2)44-37-49(42(3)4)63(50(38-44)43(5)6)64-51-35-33-47(67-57-29-17-13-25-53(57)65(45-21-9-7-10-22-45)54-26-14-18-30-58(54)67)39-61(51)69-62-40-48(34-36-52(62)64)68-59-31-19-15-27-55(59)66(46-23-11-8-12-24-46)56-28-16-20-32-60(56)68/h7-43H,1-6H3. The Balaban J connectivity index is 1.06. The summed E-state index contributed by atoms with van der Waals surface area (Å²) in [5.41, 5.74) is 21.2. The van der Waals surface area contributed by atoms with Gasteiger partial charge in [-0.05, 0) is 130 Å². The van der Waals surface area contributed by atoms with Crippen molar-refractivity contribution < 1.29 is 4.74 Å². The van der Waals surface area contributed by atoms with Gasteiger partial charge in [-0.1, -0.05) is 156 Å². The number of para-hydroxylation sites is 10. The SMILES string of the molecule is CC(C)c1cc(C(C)C)c(B2c3ccc(N4c5ccccc5N(c5ccccc5)c5ccccc54)cc3Oc3cc(N4c5ccccc5N(c5ccccc5)c5ccccc54)ccc32)c(C(C)C)c1. The summed E-state index contributed by atoms with van der Waals surface area (Å²) in [6.07, 6.45) is 0. The third-order valence-electron chi connectivity index (χ3n) is 14.3. The number of anilines is 12. The van der Waals surface area contributed by atoms with Crippen molar-refractivity contribution in [2.24, 2.45) is 0 Å². The number of hydrogen-bond acceptors (Lipinski definition) is 5. The van der Waals surface area contributed by atoms with E-state index in [4.69, 9.17) is 4.74 Å². The van der Waals surface area contributed by atoms with Crippen LogP contribution in [-0.2, 0) is 0 Å². The second kappa shape index (κ2) is 17.0. The van der Waals surface area contributed by atoms with E-state index in [-0.39, 0.29) is 6.71 Å². The fraction of sp³-hybridized carbons (Fsp3) is 0.143. The molecular weight excluding hydrogens is 840 g/mol. The van der Waals surface area contributed by atoms with Gasteiger partial charge in [0.15, 0.2) is 0 Å². The first kappa shape index (κ1) is 42.4. The fourth-order valence-corrected chi connectivity index (χ4v) is 11.1. The quantitative estimate of drug-likeness (QED) is 0.141. The number of ether oxygens (including phenoxy) is 1. The summed E-state index contributed by atoms with van der Waals surface area (Å²) in [6, 6.07) is 75.2. The zero-order valence-electron chi connectivity index (χ0n) is 40.1. The lowest BCUT2D eigenvalue weighted by Crippen LogP contribution is -2.57. The summed E-state index contributed by atoms with van der Waals surface area (Å²) in [6.45, 7) is 14.0. The molecule has 0 saturated heterocycles. The Kier molecular flexibility index (Phi) is 10.4. The van der Waals surface area contributed by atoms with Gasteiger partial charge in [-0.3, -0.25) is 0 Å². The minimum Gasteiger partial charge on any atom is -0.458 e. The zero-order chi connectivity index (χ0) is 46.9. The van der Waals surface area contributed by atoms with E-state index in [1.54, 1.807) is 0 Å². The Hall–Kier alpha value is -7.96. The highest BCUT2D eigenvalue weighted by Gasteiger charge is 2.39. The maximum absolute atomic E-state index is 7.41. The maximum atomic E-state index is 7.41. The van der Waals surface area contributed by atoms with Crippen LogP contribution in [0.2, 0.25) is 0 Å². The molecule has 9 aromatic carbocycles. The van der Waals surface area contributed by atoms with E-state index in [0.717, 1.165) is 79.7 Å². The molecule has 6 heteroatoms. The highest BCUT2D eigenvalue weighted by molar-refractivity contribution is 6.97. The smallest absolute Gasteiger partial charge is 0.251 e. The van der Waals surface area contributed by atoms with E-state index in [0.29, 0.717) is 17.8 Å². The van der Waals surface area contributed by atoms with Gasteiger partial charge in [0.1, 0.15) is 11.5 Å². The molecule has 0 aliphatic carbocycles. The highest BCUT2D eigenvalue weighted by atomic mass is 16.5. The number of rotatable bonds is 8. The second-order valence-electron chi connectivity index (χ2n) is 19.5. The van der Waals surface area contributed by atoms with Crippen LogP contribution in [0.15, 0.2) is 206 Å². The van der Waals surface area contributed by atoms with Gasteiger partial charge < -0.3 is 24.3 Å². The molecule has 0 radical (unpaired) electrons. The molecule has 0 atom stereocenters. The van der Waals surface area contributed by atoms with Crippen LogP contribution in [0.5, 0.6) is 11.5 Å². The van der Waals surface area contributed by atoms with Crippen molar-refractivity contribution in [2.75, 3.05) is 19.6 Å². The molecule has 0 spiro atoms. The van der Waals surface area contributed by atoms with Gasteiger partial charge in [0.2, 0.25) is 0 Å². The Morgan fingerprint density at radius 2 is 0.623 bits per heavy atom.